The molecule has 0 bridgehead atoms. The third-order valence-corrected chi connectivity index (χ3v) is 2.64. The fourth-order valence-corrected chi connectivity index (χ4v) is 1.82. The smallest absolute Gasteiger partial charge is 0.316 e. The van der Waals surface area contributed by atoms with Gasteiger partial charge in [-0.1, -0.05) is 0 Å². The topological polar surface area (TPSA) is 74.5 Å². The number of methoxy groups -OCH3 is 2. The van der Waals surface area contributed by atoms with Crippen molar-refractivity contribution in [3.63, 3.8) is 0 Å². The lowest BCUT2D eigenvalue weighted by Crippen LogP contribution is -1.98. The number of ether oxygens (including phenoxy) is 2. The van der Waals surface area contributed by atoms with E-state index >= 15 is 0 Å². The number of aryl methyl sites for hydroxylation is 1. The Morgan fingerprint density at radius 2 is 2.00 bits per heavy atom. The number of aromatic nitrogens is 1. The molecule has 0 aliphatic rings. The summed E-state index contributed by atoms with van der Waals surface area (Å²) in [6, 6.07) is 4.97. The van der Waals surface area contributed by atoms with E-state index in [1.165, 1.54) is 20.3 Å². The minimum atomic E-state index is -0.509. The Bertz CT molecular complexity index is 625. The Hall–Kier alpha value is -2.37. The molecule has 0 fully saturated rings. The molecule has 0 aliphatic carbocycles. The summed E-state index contributed by atoms with van der Waals surface area (Å²) in [7, 11) is 2.85. The second-order valence-corrected chi connectivity index (χ2v) is 3.74. The van der Waals surface area contributed by atoms with Gasteiger partial charge >= 0.3 is 5.69 Å². The zero-order chi connectivity index (χ0) is 13.3. The highest BCUT2D eigenvalue weighted by molar-refractivity contribution is 5.93. The molecule has 0 atom stereocenters. The second-order valence-electron chi connectivity index (χ2n) is 3.74. The van der Waals surface area contributed by atoms with Gasteiger partial charge in [0.25, 0.3) is 0 Å². The van der Waals surface area contributed by atoms with E-state index in [1.807, 2.05) is 19.1 Å². The first-order valence-electron chi connectivity index (χ1n) is 5.25. The van der Waals surface area contributed by atoms with Crippen LogP contribution in [0.15, 0.2) is 18.2 Å². The summed E-state index contributed by atoms with van der Waals surface area (Å²) in [5, 5.41) is 11.7. The lowest BCUT2D eigenvalue weighted by atomic mass is 10.1. The SMILES string of the molecule is COc1cc([N+](=O)[O-])c(OC)c2nc(C)ccc12. The monoisotopic (exact) mass is 248 g/mol. The van der Waals surface area contributed by atoms with Gasteiger partial charge in [0.1, 0.15) is 11.3 Å². The third-order valence-electron chi connectivity index (χ3n) is 2.64. The van der Waals surface area contributed by atoms with E-state index in [2.05, 4.69) is 4.98 Å². The molecule has 6 nitrogen and oxygen atoms in total. The Morgan fingerprint density at radius 3 is 2.56 bits per heavy atom. The first-order valence-corrected chi connectivity index (χ1v) is 5.25. The molecule has 0 saturated carbocycles. The van der Waals surface area contributed by atoms with Gasteiger partial charge in [0, 0.05) is 11.1 Å². The molecule has 18 heavy (non-hydrogen) atoms. The van der Waals surface area contributed by atoms with Crippen LogP contribution in [0.5, 0.6) is 11.5 Å². The standard InChI is InChI=1S/C12H12N2O4/c1-7-4-5-8-10(17-2)6-9(14(15)16)12(18-3)11(8)13-7/h4-6H,1-3H3. The maximum absolute atomic E-state index is 11.0. The molecule has 1 aromatic heterocycles. The van der Waals surface area contributed by atoms with Gasteiger partial charge in [0.15, 0.2) is 0 Å². The Balaban J connectivity index is 2.92. The Morgan fingerprint density at radius 1 is 1.28 bits per heavy atom. The predicted molar refractivity (Wildman–Crippen MR) is 66.2 cm³/mol. The van der Waals surface area contributed by atoms with Gasteiger partial charge in [0.05, 0.1) is 25.2 Å². The lowest BCUT2D eigenvalue weighted by Gasteiger charge is -2.10. The van der Waals surface area contributed by atoms with E-state index in [0.29, 0.717) is 16.7 Å². The van der Waals surface area contributed by atoms with Crippen LogP contribution >= 0.6 is 0 Å². The van der Waals surface area contributed by atoms with Crippen molar-refractivity contribution in [3.8, 4) is 11.5 Å². The van der Waals surface area contributed by atoms with Crippen molar-refractivity contribution in [2.24, 2.45) is 0 Å². The van der Waals surface area contributed by atoms with Crippen molar-refractivity contribution in [3.05, 3.63) is 34.0 Å². The van der Waals surface area contributed by atoms with Crippen LogP contribution in [0.2, 0.25) is 0 Å². The number of nitrogens with zero attached hydrogens (tertiary/aromatic N) is 2. The molecule has 0 aliphatic heterocycles. The molecule has 94 valence electrons. The number of hydrogen-bond donors (Lipinski definition) is 0. The quantitative estimate of drug-likeness (QED) is 0.616. The molecule has 2 rings (SSSR count). The highest BCUT2D eigenvalue weighted by atomic mass is 16.6. The van der Waals surface area contributed by atoms with Gasteiger partial charge in [-0.05, 0) is 19.1 Å². The Kier molecular flexibility index (Phi) is 3.01. The van der Waals surface area contributed by atoms with E-state index in [0.717, 1.165) is 5.69 Å². The maximum atomic E-state index is 11.0. The van der Waals surface area contributed by atoms with Gasteiger partial charge in [-0.3, -0.25) is 10.1 Å². The minimum absolute atomic E-state index is 0.152. The van der Waals surface area contributed by atoms with Crippen LogP contribution in [0.25, 0.3) is 10.9 Å². The summed E-state index contributed by atoms with van der Waals surface area (Å²) in [6.07, 6.45) is 0. The average Bonchev–Trinajstić information content (AvgIpc) is 2.36. The minimum Gasteiger partial charge on any atom is -0.496 e. The van der Waals surface area contributed by atoms with Crippen LogP contribution in [0.1, 0.15) is 5.69 Å². The summed E-state index contributed by atoms with van der Waals surface area (Å²) in [5.41, 5.74) is 1.03. The van der Waals surface area contributed by atoms with Crippen molar-refractivity contribution in [1.29, 1.82) is 0 Å². The summed E-state index contributed by atoms with van der Waals surface area (Å²) < 4.78 is 10.3. The van der Waals surface area contributed by atoms with Gasteiger partial charge in [0.2, 0.25) is 5.75 Å². The molecule has 0 spiro atoms. The average molecular weight is 248 g/mol. The van der Waals surface area contributed by atoms with Crippen LogP contribution in [-0.4, -0.2) is 24.1 Å². The number of pyridine rings is 1. The number of benzene rings is 1. The molecule has 6 heteroatoms. The van der Waals surface area contributed by atoms with Crippen molar-refractivity contribution < 1.29 is 14.4 Å². The molecule has 0 saturated heterocycles. The molecular formula is C12H12N2O4. The predicted octanol–water partition coefficient (Wildman–Crippen LogP) is 2.47. The van der Waals surface area contributed by atoms with E-state index in [9.17, 15) is 10.1 Å². The van der Waals surface area contributed by atoms with Crippen LogP contribution < -0.4 is 9.47 Å². The summed E-state index contributed by atoms with van der Waals surface area (Å²) in [5.74, 6) is 0.560. The van der Waals surface area contributed by atoms with E-state index in [-0.39, 0.29) is 11.4 Å². The van der Waals surface area contributed by atoms with Gasteiger partial charge < -0.3 is 9.47 Å². The van der Waals surface area contributed by atoms with E-state index in [4.69, 9.17) is 9.47 Å². The van der Waals surface area contributed by atoms with Crippen molar-refractivity contribution in [2.45, 2.75) is 6.92 Å². The molecule has 0 N–H and O–H groups in total. The number of rotatable bonds is 3. The van der Waals surface area contributed by atoms with Crippen molar-refractivity contribution in [2.75, 3.05) is 14.2 Å². The van der Waals surface area contributed by atoms with Crippen LogP contribution in [0, 0.1) is 17.0 Å². The highest BCUT2D eigenvalue weighted by Crippen LogP contribution is 2.39. The fraction of sp³-hybridized carbons (Fsp3) is 0.250. The molecule has 2 aromatic rings. The van der Waals surface area contributed by atoms with E-state index < -0.39 is 4.92 Å². The van der Waals surface area contributed by atoms with Crippen LogP contribution in [-0.2, 0) is 0 Å². The summed E-state index contributed by atoms with van der Waals surface area (Å²) in [4.78, 5) is 14.8. The van der Waals surface area contributed by atoms with Gasteiger partial charge in [-0.25, -0.2) is 4.98 Å². The fourth-order valence-electron chi connectivity index (χ4n) is 1.82. The number of hydrogen-bond acceptors (Lipinski definition) is 5. The first kappa shape index (κ1) is 12.1. The Labute approximate surface area is 103 Å². The van der Waals surface area contributed by atoms with Crippen molar-refractivity contribution >= 4 is 16.6 Å². The molecule has 0 amide bonds. The largest absolute Gasteiger partial charge is 0.496 e. The number of nitro benzene ring substituents is 1. The van der Waals surface area contributed by atoms with Gasteiger partial charge in [-0.15, -0.1) is 0 Å². The van der Waals surface area contributed by atoms with Crippen molar-refractivity contribution in [1.82, 2.24) is 4.98 Å². The first-order chi connectivity index (χ1) is 8.58. The molecule has 1 heterocycles. The normalized spacial score (nSPS) is 10.4. The second kappa shape index (κ2) is 4.48. The molecular weight excluding hydrogens is 236 g/mol. The lowest BCUT2D eigenvalue weighted by molar-refractivity contribution is -0.385. The highest BCUT2D eigenvalue weighted by Gasteiger charge is 2.22. The van der Waals surface area contributed by atoms with Crippen LogP contribution in [0.3, 0.4) is 0 Å². The molecule has 1 aromatic carbocycles. The molecule has 0 unspecified atom stereocenters. The summed E-state index contributed by atoms with van der Waals surface area (Å²) >= 11 is 0. The van der Waals surface area contributed by atoms with Gasteiger partial charge in [-0.2, -0.15) is 0 Å². The van der Waals surface area contributed by atoms with Crippen LogP contribution in [0.4, 0.5) is 5.69 Å². The molecule has 0 radical (unpaired) electrons. The number of fused-ring (bicyclic) bond motifs is 1. The third kappa shape index (κ3) is 1.81. The number of nitro groups is 1. The van der Waals surface area contributed by atoms with E-state index in [1.54, 1.807) is 0 Å². The maximum Gasteiger partial charge on any atom is 0.316 e. The summed E-state index contributed by atoms with van der Waals surface area (Å²) in [6.45, 7) is 1.81. The zero-order valence-electron chi connectivity index (χ0n) is 10.3. The zero-order valence-corrected chi connectivity index (χ0v) is 10.3.